The molecule has 0 spiro atoms. The van der Waals surface area contributed by atoms with Crippen molar-refractivity contribution >= 4 is 17.7 Å². The number of nitrogens with zero attached hydrogens (tertiary/aromatic N) is 4. The second-order valence-electron chi connectivity index (χ2n) is 4.76. The van der Waals surface area contributed by atoms with Crippen LogP contribution in [-0.2, 0) is 9.53 Å². The Bertz CT molecular complexity index is 499. The molecule has 2 rings (SSSR count). The summed E-state index contributed by atoms with van der Waals surface area (Å²) in [6, 6.07) is 3.17. The summed E-state index contributed by atoms with van der Waals surface area (Å²) in [5.74, 6) is 0.0533. The van der Waals surface area contributed by atoms with Crippen LogP contribution in [0, 0.1) is 0 Å². The molecule has 1 amide bonds. The SMILES string of the molecule is COC(=O)c1ccc(N(C)CC(=O)N2CCNCC2)nn1. The molecule has 0 atom stereocenters. The number of hydrogen-bond acceptors (Lipinski definition) is 7. The van der Waals surface area contributed by atoms with Gasteiger partial charge >= 0.3 is 5.97 Å². The van der Waals surface area contributed by atoms with Crippen molar-refractivity contribution in [2.75, 3.05) is 51.8 Å². The van der Waals surface area contributed by atoms with Gasteiger partial charge in [-0.3, -0.25) is 4.79 Å². The number of carbonyl (C=O) groups is 2. The summed E-state index contributed by atoms with van der Waals surface area (Å²) >= 11 is 0. The molecule has 0 aromatic carbocycles. The van der Waals surface area contributed by atoms with E-state index in [1.165, 1.54) is 13.2 Å². The number of ether oxygens (including phenoxy) is 1. The van der Waals surface area contributed by atoms with Crippen LogP contribution in [-0.4, -0.2) is 73.9 Å². The van der Waals surface area contributed by atoms with Crippen molar-refractivity contribution in [2.24, 2.45) is 0 Å². The lowest BCUT2D eigenvalue weighted by atomic mass is 10.3. The van der Waals surface area contributed by atoms with Crippen LogP contribution in [0.4, 0.5) is 5.82 Å². The normalized spacial score (nSPS) is 14.7. The van der Waals surface area contributed by atoms with Gasteiger partial charge in [0.15, 0.2) is 11.5 Å². The fraction of sp³-hybridized carbons (Fsp3) is 0.538. The fourth-order valence-electron chi connectivity index (χ4n) is 2.04. The molecule has 0 radical (unpaired) electrons. The molecule has 1 N–H and O–H groups in total. The molecule has 0 saturated carbocycles. The van der Waals surface area contributed by atoms with Crippen LogP contribution < -0.4 is 10.2 Å². The molecule has 1 aromatic heterocycles. The predicted molar refractivity (Wildman–Crippen MR) is 76.1 cm³/mol. The second-order valence-corrected chi connectivity index (χ2v) is 4.76. The van der Waals surface area contributed by atoms with Crippen molar-refractivity contribution in [1.82, 2.24) is 20.4 Å². The molecule has 8 heteroatoms. The van der Waals surface area contributed by atoms with E-state index in [4.69, 9.17) is 0 Å². The zero-order valence-corrected chi connectivity index (χ0v) is 12.2. The number of carbonyl (C=O) groups excluding carboxylic acids is 2. The summed E-state index contributed by atoms with van der Waals surface area (Å²) in [5.41, 5.74) is 0.142. The zero-order valence-electron chi connectivity index (χ0n) is 12.2. The van der Waals surface area contributed by atoms with E-state index in [0.29, 0.717) is 5.82 Å². The van der Waals surface area contributed by atoms with E-state index < -0.39 is 5.97 Å². The minimum atomic E-state index is -0.534. The Labute approximate surface area is 123 Å². The topological polar surface area (TPSA) is 87.7 Å². The Morgan fingerprint density at radius 2 is 2.05 bits per heavy atom. The van der Waals surface area contributed by atoms with Crippen LogP contribution in [0.2, 0.25) is 0 Å². The average Bonchev–Trinajstić information content (AvgIpc) is 2.55. The third kappa shape index (κ3) is 3.88. The number of nitrogens with one attached hydrogen (secondary N) is 1. The lowest BCUT2D eigenvalue weighted by Gasteiger charge is -2.29. The molecule has 1 saturated heterocycles. The Morgan fingerprint density at radius 3 is 2.62 bits per heavy atom. The summed E-state index contributed by atoms with van der Waals surface area (Å²) in [5, 5.41) is 10.9. The maximum absolute atomic E-state index is 12.1. The highest BCUT2D eigenvalue weighted by Crippen LogP contribution is 2.08. The van der Waals surface area contributed by atoms with Gasteiger partial charge < -0.3 is 19.9 Å². The molecule has 114 valence electrons. The third-order valence-electron chi connectivity index (χ3n) is 3.28. The average molecular weight is 293 g/mol. The molecule has 0 unspecified atom stereocenters. The largest absolute Gasteiger partial charge is 0.464 e. The van der Waals surface area contributed by atoms with Crippen LogP contribution in [0.15, 0.2) is 12.1 Å². The van der Waals surface area contributed by atoms with Crippen LogP contribution in [0.5, 0.6) is 0 Å². The van der Waals surface area contributed by atoms with Gasteiger partial charge in [-0.15, -0.1) is 10.2 Å². The van der Waals surface area contributed by atoms with Gasteiger partial charge in [-0.25, -0.2) is 4.79 Å². The van der Waals surface area contributed by atoms with Crippen LogP contribution in [0.3, 0.4) is 0 Å². The number of aromatic nitrogens is 2. The number of likely N-dealkylation sites (N-methyl/N-ethyl adjacent to an activating group) is 1. The standard InChI is InChI=1S/C13H19N5O3/c1-17(9-12(19)18-7-5-14-6-8-18)11-4-3-10(15-16-11)13(20)21-2/h3-4,14H,5-9H2,1-2H3. The molecule has 0 aliphatic carbocycles. The molecule has 1 aromatic rings. The highest BCUT2D eigenvalue weighted by molar-refractivity contribution is 5.87. The van der Waals surface area contributed by atoms with Gasteiger partial charge in [0.1, 0.15) is 0 Å². The summed E-state index contributed by atoms with van der Waals surface area (Å²) in [4.78, 5) is 26.9. The molecule has 8 nitrogen and oxygen atoms in total. The number of anilines is 1. The van der Waals surface area contributed by atoms with Gasteiger partial charge in [0, 0.05) is 33.2 Å². The van der Waals surface area contributed by atoms with E-state index in [0.717, 1.165) is 26.2 Å². The monoisotopic (exact) mass is 293 g/mol. The molecule has 1 fully saturated rings. The van der Waals surface area contributed by atoms with Gasteiger partial charge in [-0.2, -0.15) is 0 Å². The lowest BCUT2D eigenvalue weighted by molar-refractivity contribution is -0.130. The maximum atomic E-state index is 12.1. The Hall–Kier alpha value is -2.22. The van der Waals surface area contributed by atoms with Crippen molar-refractivity contribution < 1.29 is 14.3 Å². The number of esters is 1. The molecule has 2 heterocycles. The van der Waals surface area contributed by atoms with Crippen LogP contribution in [0.1, 0.15) is 10.5 Å². The first-order valence-corrected chi connectivity index (χ1v) is 6.73. The second kappa shape index (κ2) is 6.98. The first-order valence-electron chi connectivity index (χ1n) is 6.73. The molecule has 1 aliphatic heterocycles. The van der Waals surface area contributed by atoms with Crippen LogP contribution in [0.25, 0.3) is 0 Å². The molecule has 1 aliphatic rings. The zero-order chi connectivity index (χ0) is 15.2. The van der Waals surface area contributed by atoms with Gasteiger partial charge in [-0.1, -0.05) is 0 Å². The summed E-state index contributed by atoms with van der Waals surface area (Å²) in [6.07, 6.45) is 0. The van der Waals surface area contributed by atoms with E-state index in [1.807, 2.05) is 4.90 Å². The van der Waals surface area contributed by atoms with Crippen molar-refractivity contribution in [3.05, 3.63) is 17.8 Å². The summed E-state index contributed by atoms with van der Waals surface area (Å²) in [6.45, 7) is 3.32. The van der Waals surface area contributed by atoms with Gasteiger partial charge in [0.2, 0.25) is 5.91 Å². The van der Waals surface area contributed by atoms with Gasteiger partial charge in [-0.05, 0) is 12.1 Å². The van der Waals surface area contributed by atoms with E-state index >= 15 is 0 Å². The number of amides is 1. The number of methoxy groups -OCH3 is 1. The molecule has 21 heavy (non-hydrogen) atoms. The maximum Gasteiger partial charge on any atom is 0.358 e. The Morgan fingerprint density at radius 1 is 1.33 bits per heavy atom. The predicted octanol–water partition coefficient (Wildman–Crippen LogP) is -0.869. The quantitative estimate of drug-likeness (QED) is 0.722. The first-order chi connectivity index (χ1) is 10.1. The lowest BCUT2D eigenvalue weighted by Crippen LogP contribution is -2.49. The van der Waals surface area contributed by atoms with Crippen molar-refractivity contribution in [3.63, 3.8) is 0 Å². The van der Waals surface area contributed by atoms with Gasteiger partial charge in [0.05, 0.1) is 13.7 Å². The number of piperazine rings is 1. The van der Waals surface area contributed by atoms with Crippen LogP contribution >= 0.6 is 0 Å². The number of rotatable bonds is 4. The van der Waals surface area contributed by atoms with E-state index in [2.05, 4.69) is 20.3 Å². The smallest absolute Gasteiger partial charge is 0.358 e. The van der Waals surface area contributed by atoms with E-state index in [9.17, 15) is 9.59 Å². The Balaban J connectivity index is 1.94. The summed E-state index contributed by atoms with van der Waals surface area (Å²) in [7, 11) is 3.05. The fourth-order valence-corrected chi connectivity index (χ4v) is 2.04. The van der Waals surface area contributed by atoms with Crippen molar-refractivity contribution in [2.45, 2.75) is 0 Å². The highest BCUT2D eigenvalue weighted by atomic mass is 16.5. The van der Waals surface area contributed by atoms with E-state index in [1.54, 1.807) is 18.0 Å². The molecular formula is C13H19N5O3. The van der Waals surface area contributed by atoms with Crippen molar-refractivity contribution in [1.29, 1.82) is 0 Å². The third-order valence-corrected chi connectivity index (χ3v) is 3.28. The van der Waals surface area contributed by atoms with E-state index in [-0.39, 0.29) is 18.1 Å². The molecular weight excluding hydrogens is 274 g/mol. The minimum absolute atomic E-state index is 0.0536. The molecule has 0 bridgehead atoms. The van der Waals surface area contributed by atoms with Crippen molar-refractivity contribution in [3.8, 4) is 0 Å². The first kappa shape index (κ1) is 15.2. The number of hydrogen-bond donors (Lipinski definition) is 1. The summed E-state index contributed by atoms with van der Waals surface area (Å²) < 4.78 is 4.56. The minimum Gasteiger partial charge on any atom is -0.464 e. The Kier molecular flexibility index (Phi) is 5.04. The highest BCUT2D eigenvalue weighted by Gasteiger charge is 2.18. The van der Waals surface area contributed by atoms with Gasteiger partial charge in [0.25, 0.3) is 0 Å².